The Bertz CT molecular complexity index is 829. The Labute approximate surface area is 160 Å². The van der Waals surface area contributed by atoms with Crippen LogP contribution >= 0.6 is 0 Å². The third-order valence-corrected chi connectivity index (χ3v) is 5.63. The van der Waals surface area contributed by atoms with Crippen molar-refractivity contribution in [3.05, 3.63) is 34.9 Å². The first-order valence-corrected chi connectivity index (χ1v) is 9.43. The molecule has 150 valence electrons. The predicted octanol–water partition coefficient (Wildman–Crippen LogP) is 0.534. The molecule has 3 amide bonds. The van der Waals surface area contributed by atoms with Crippen LogP contribution in [0.2, 0.25) is 0 Å². The third kappa shape index (κ3) is 3.51. The number of carbonyl (C=O) groups excluding carboxylic acids is 3. The van der Waals surface area contributed by atoms with Crippen LogP contribution in [0.3, 0.4) is 0 Å². The van der Waals surface area contributed by atoms with Crippen LogP contribution < -0.4 is 16.0 Å². The lowest BCUT2D eigenvalue weighted by Gasteiger charge is -2.32. The highest BCUT2D eigenvalue weighted by atomic mass is 19.3. The summed E-state index contributed by atoms with van der Waals surface area (Å²) in [6, 6.07) is 3.65. The molecule has 7 nitrogen and oxygen atoms in total. The van der Waals surface area contributed by atoms with Gasteiger partial charge >= 0.3 is 0 Å². The summed E-state index contributed by atoms with van der Waals surface area (Å²) in [5, 5.41) is 8.14. The van der Waals surface area contributed by atoms with Crippen LogP contribution in [0, 0.1) is 0 Å². The number of fused-ring (bicyclic) bond motifs is 1. The predicted molar refractivity (Wildman–Crippen MR) is 95.5 cm³/mol. The van der Waals surface area contributed by atoms with Gasteiger partial charge in [-0.15, -0.1) is 0 Å². The van der Waals surface area contributed by atoms with Gasteiger partial charge in [0.2, 0.25) is 11.8 Å². The van der Waals surface area contributed by atoms with E-state index in [-0.39, 0.29) is 44.3 Å². The van der Waals surface area contributed by atoms with E-state index in [1.807, 2.05) is 6.07 Å². The van der Waals surface area contributed by atoms with Crippen molar-refractivity contribution >= 4 is 17.7 Å². The number of piperidine rings is 2. The second kappa shape index (κ2) is 7.21. The van der Waals surface area contributed by atoms with Crippen molar-refractivity contribution in [2.24, 2.45) is 0 Å². The van der Waals surface area contributed by atoms with Crippen LogP contribution in [-0.4, -0.2) is 53.7 Å². The van der Waals surface area contributed by atoms with E-state index in [0.717, 1.165) is 11.1 Å². The van der Waals surface area contributed by atoms with Gasteiger partial charge in [0.25, 0.3) is 11.8 Å². The lowest BCUT2D eigenvalue weighted by Crippen LogP contribution is -2.55. The van der Waals surface area contributed by atoms with E-state index in [1.54, 1.807) is 12.1 Å². The van der Waals surface area contributed by atoms with Gasteiger partial charge in [0, 0.05) is 44.6 Å². The number of hydrogen-bond donors (Lipinski definition) is 3. The molecule has 0 saturated carbocycles. The molecule has 3 N–H and O–H groups in total. The first-order valence-electron chi connectivity index (χ1n) is 9.43. The molecule has 0 spiro atoms. The second-order valence-corrected chi connectivity index (χ2v) is 7.54. The maximum atomic E-state index is 13.9. The number of imide groups is 1. The average Bonchev–Trinajstić information content (AvgIpc) is 2.96. The Morgan fingerprint density at radius 2 is 2.07 bits per heavy atom. The molecule has 9 heteroatoms. The van der Waals surface area contributed by atoms with E-state index in [0.29, 0.717) is 18.5 Å². The van der Waals surface area contributed by atoms with E-state index in [1.165, 1.54) is 4.90 Å². The summed E-state index contributed by atoms with van der Waals surface area (Å²) in [4.78, 5) is 37.5. The molecule has 2 atom stereocenters. The largest absolute Gasteiger partial charge is 0.322 e. The summed E-state index contributed by atoms with van der Waals surface area (Å²) in [6.07, 6.45) is 0.322. The maximum Gasteiger partial charge on any atom is 0.265 e. The molecular formula is C19H22F2N4O3. The fraction of sp³-hybridized carbons (Fsp3) is 0.526. The lowest BCUT2D eigenvalue weighted by molar-refractivity contribution is -0.136. The summed E-state index contributed by atoms with van der Waals surface area (Å²) in [6.45, 7) is 1.05. The molecule has 0 bridgehead atoms. The number of hydrogen-bond acceptors (Lipinski definition) is 5. The van der Waals surface area contributed by atoms with Crippen LogP contribution in [0.4, 0.5) is 8.78 Å². The minimum atomic E-state index is -2.75. The van der Waals surface area contributed by atoms with Crippen LogP contribution in [0.1, 0.15) is 40.7 Å². The van der Waals surface area contributed by atoms with Crippen LogP contribution in [0.15, 0.2) is 18.2 Å². The first-order chi connectivity index (χ1) is 13.3. The minimum Gasteiger partial charge on any atom is -0.322 e. The molecule has 28 heavy (non-hydrogen) atoms. The smallest absolute Gasteiger partial charge is 0.265 e. The molecule has 1 aromatic rings. The highest BCUT2D eigenvalue weighted by Gasteiger charge is 2.41. The Morgan fingerprint density at radius 1 is 1.25 bits per heavy atom. The van der Waals surface area contributed by atoms with Crippen molar-refractivity contribution in [2.75, 3.05) is 13.1 Å². The molecule has 0 aromatic heterocycles. The van der Waals surface area contributed by atoms with Crippen molar-refractivity contribution in [1.82, 2.24) is 20.9 Å². The molecule has 4 rings (SSSR count). The summed E-state index contributed by atoms with van der Waals surface area (Å²) < 4.78 is 27.9. The maximum absolute atomic E-state index is 13.9. The summed E-state index contributed by atoms with van der Waals surface area (Å²) in [5.74, 6) is -3.77. The van der Waals surface area contributed by atoms with Gasteiger partial charge in [-0.1, -0.05) is 12.1 Å². The van der Waals surface area contributed by atoms with Crippen molar-refractivity contribution < 1.29 is 23.2 Å². The number of nitrogens with one attached hydrogen (secondary N) is 3. The second-order valence-electron chi connectivity index (χ2n) is 7.54. The monoisotopic (exact) mass is 392 g/mol. The Balaban J connectivity index is 1.44. The van der Waals surface area contributed by atoms with Gasteiger partial charge in [-0.2, -0.15) is 0 Å². The van der Waals surface area contributed by atoms with Crippen molar-refractivity contribution in [2.45, 2.75) is 50.4 Å². The Kier molecular flexibility index (Phi) is 4.88. The number of nitrogens with zero attached hydrogens (tertiary/aromatic N) is 1. The van der Waals surface area contributed by atoms with E-state index < -0.39 is 23.9 Å². The van der Waals surface area contributed by atoms with Gasteiger partial charge in [0.1, 0.15) is 6.04 Å². The standard InChI is InChI=1S/C19H22F2N4O3/c20-19(21)5-6-22-9-15(19)23-8-11-1-2-13-12(7-11)10-25(18(13)28)14-3-4-16(26)24-17(14)27/h1-2,7,14-15,22-23H,3-6,8-10H2,(H,24,26,27). The molecular weight excluding hydrogens is 370 g/mol. The molecule has 2 saturated heterocycles. The van der Waals surface area contributed by atoms with Crippen molar-refractivity contribution in [3.63, 3.8) is 0 Å². The molecule has 2 fully saturated rings. The van der Waals surface area contributed by atoms with Gasteiger partial charge in [-0.3, -0.25) is 19.7 Å². The third-order valence-electron chi connectivity index (χ3n) is 5.63. The van der Waals surface area contributed by atoms with E-state index >= 15 is 0 Å². The Hall–Kier alpha value is -2.39. The number of rotatable bonds is 4. The van der Waals surface area contributed by atoms with Crippen molar-refractivity contribution in [1.29, 1.82) is 0 Å². The normalized spacial score (nSPS) is 26.9. The van der Waals surface area contributed by atoms with Gasteiger partial charge in [-0.05, 0) is 23.6 Å². The van der Waals surface area contributed by atoms with E-state index in [4.69, 9.17) is 0 Å². The topological polar surface area (TPSA) is 90.5 Å². The lowest BCUT2D eigenvalue weighted by atomic mass is 10.0. The number of halogens is 2. The van der Waals surface area contributed by atoms with E-state index in [2.05, 4.69) is 16.0 Å². The molecule has 2 unspecified atom stereocenters. The average molecular weight is 392 g/mol. The number of amides is 3. The zero-order valence-corrected chi connectivity index (χ0v) is 15.3. The van der Waals surface area contributed by atoms with Gasteiger partial charge in [-0.25, -0.2) is 8.78 Å². The molecule has 1 aromatic carbocycles. The highest BCUT2D eigenvalue weighted by molar-refractivity contribution is 6.05. The van der Waals surface area contributed by atoms with Crippen LogP contribution in [-0.2, 0) is 22.7 Å². The molecule has 3 aliphatic rings. The summed E-state index contributed by atoms with van der Waals surface area (Å²) in [5.41, 5.74) is 2.08. The quantitative estimate of drug-likeness (QED) is 0.651. The summed E-state index contributed by atoms with van der Waals surface area (Å²) >= 11 is 0. The number of benzene rings is 1. The fourth-order valence-corrected chi connectivity index (χ4v) is 4.03. The SMILES string of the molecule is O=C1CCC(N2Cc3cc(CNC4CNCCC4(F)F)ccc3C2=O)C(=O)N1. The molecule has 3 heterocycles. The highest BCUT2D eigenvalue weighted by Crippen LogP contribution is 2.29. The van der Waals surface area contributed by atoms with Gasteiger partial charge in [0.15, 0.2) is 0 Å². The van der Waals surface area contributed by atoms with E-state index in [9.17, 15) is 23.2 Å². The fourth-order valence-electron chi connectivity index (χ4n) is 4.03. The molecule has 0 radical (unpaired) electrons. The molecule has 3 aliphatic heterocycles. The molecule has 0 aliphatic carbocycles. The van der Waals surface area contributed by atoms with Gasteiger partial charge in [0.05, 0.1) is 6.04 Å². The van der Waals surface area contributed by atoms with Crippen LogP contribution in [0.5, 0.6) is 0 Å². The Morgan fingerprint density at radius 3 is 2.82 bits per heavy atom. The van der Waals surface area contributed by atoms with Crippen molar-refractivity contribution in [3.8, 4) is 0 Å². The first kappa shape index (κ1) is 18.9. The van der Waals surface area contributed by atoms with Crippen LogP contribution in [0.25, 0.3) is 0 Å². The number of carbonyl (C=O) groups is 3. The zero-order chi connectivity index (χ0) is 19.9. The number of alkyl halides is 2. The minimum absolute atomic E-state index is 0.190. The van der Waals surface area contributed by atoms with Gasteiger partial charge < -0.3 is 15.5 Å². The zero-order valence-electron chi connectivity index (χ0n) is 15.3. The summed E-state index contributed by atoms with van der Waals surface area (Å²) in [7, 11) is 0.